The molecule has 0 heteroatoms. The zero-order valence-corrected chi connectivity index (χ0v) is 6.33. The highest BCUT2D eigenvalue weighted by Crippen LogP contribution is 2.47. The van der Waals surface area contributed by atoms with E-state index in [-0.39, 0.29) is 0 Å². The first kappa shape index (κ1) is 5.59. The van der Waals surface area contributed by atoms with Crippen molar-refractivity contribution in [3.63, 3.8) is 0 Å². The van der Waals surface area contributed by atoms with Crippen LogP contribution in [0.1, 0.15) is 29.4 Å². The van der Waals surface area contributed by atoms with E-state index >= 15 is 0 Å². The van der Waals surface area contributed by atoms with E-state index in [1.165, 1.54) is 6.42 Å². The summed E-state index contributed by atoms with van der Waals surface area (Å²) < 4.78 is 0. The standard InChI is InChI=1S/C11H10/c1-2-4-11-9-6-5-8(7-9)10(11)3-1/h1-6,8-9H,7H2/t8-,9+. The number of hydrogen-bond acceptors (Lipinski definition) is 0. The third-order valence-electron chi connectivity index (χ3n) is 2.88. The molecule has 0 unspecified atom stereocenters. The summed E-state index contributed by atoms with van der Waals surface area (Å²) in [5.41, 5.74) is 3.14. The molecule has 2 atom stereocenters. The van der Waals surface area contributed by atoms with E-state index in [1.807, 2.05) is 0 Å². The van der Waals surface area contributed by atoms with Gasteiger partial charge >= 0.3 is 0 Å². The Morgan fingerprint density at radius 3 is 2.00 bits per heavy atom. The third kappa shape index (κ3) is 0.597. The Balaban J connectivity index is 2.28. The maximum absolute atomic E-state index is 2.35. The first-order chi connectivity index (χ1) is 5.45. The number of fused-ring (bicyclic) bond motifs is 5. The molecule has 0 spiro atoms. The topological polar surface area (TPSA) is 0 Å². The first-order valence-electron chi connectivity index (χ1n) is 4.22. The van der Waals surface area contributed by atoms with E-state index in [0.29, 0.717) is 0 Å². The van der Waals surface area contributed by atoms with Crippen LogP contribution in [0.2, 0.25) is 0 Å². The Morgan fingerprint density at radius 1 is 0.909 bits per heavy atom. The second-order valence-electron chi connectivity index (χ2n) is 3.46. The average molecular weight is 142 g/mol. The van der Waals surface area contributed by atoms with Gasteiger partial charge in [0, 0.05) is 11.8 Å². The molecule has 2 aliphatic carbocycles. The lowest BCUT2D eigenvalue weighted by Crippen LogP contribution is -1.90. The van der Waals surface area contributed by atoms with Crippen molar-refractivity contribution in [2.75, 3.05) is 0 Å². The van der Waals surface area contributed by atoms with Gasteiger partial charge in [0.05, 0.1) is 0 Å². The number of benzene rings is 1. The summed E-state index contributed by atoms with van der Waals surface area (Å²) in [7, 11) is 0. The van der Waals surface area contributed by atoms with Gasteiger partial charge in [-0.05, 0) is 17.5 Å². The molecule has 0 heterocycles. The van der Waals surface area contributed by atoms with Crippen molar-refractivity contribution in [2.24, 2.45) is 0 Å². The van der Waals surface area contributed by atoms with Gasteiger partial charge in [-0.15, -0.1) is 0 Å². The van der Waals surface area contributed by atoms with Crippen LogP contribution in [0.3, 0.4) is 0 Å². The summed E-state index contributed by atoms with van der Waals surface area (Å²) in [4.78, 5) is 0. The highest BCUT2D eigenvalue weighted by Gasteiger charge is 2.31. The molecule has 1 aromatic carbocycles. The molecule has 1 aromatic rings. The summed E-state index contributed by atoms with van der Waals surface area (Å²) in [6, 6.07) is 8.83. The fourth-order valence-corrected chi connectivity index (χ4v) is 2.35. The van der Waals surface area contributed by atoms with Gasteiger partial charge in [-0.1, -0.05) is 36.4 Å². The Morgan fingerprint density at radius 2 is 1.45 bits per heavy atom. The molecule has 0 radical (unpaired) electrons. The average Bonchev–Trinajstić information content (AvgIpc) is 2.64. The van der Waals surface area contributed by atoms with Gasteiger partial charge in [-0.2, -0.15) is 0 Å². The highest BCUT2D eigenvalue weighted by atomic mass is 14.3. The molecular formula is C11H10. The Kier molecular flexibility index (Phi) is 0.894. The molecule has 54 valence electrons. The molecule has 0 saturated heterocycles. The summed E-state index contributed by atoms with van der Waals surface area (Å²) in [5, 5.41) is 0. The molecule has 0 aromatic heterocycles. The van der Waals surface area contributed by atoms with Crippen LogP contribution in [-0.4, -0.2) is 0 Å². The lowest BCUT2D eigenvalue weighted by atomic mass is 9.97. The molecule has 11 heavy (non-hydrogen) atoms. The summed E-state index contributed by atoms with van der Waals surface area (Å²) in [6.07, 6.45) is 6.04. The molecule has 0 fully saturated rings. The van der Waals surface area contributed by atoms with Crippen molar-refractivity contribution >= 4 is 0 Å². The fourth-order valence-electron chi connectivity index (χ4n) is 2.35. The van der Waals surface area contributed by atoms with Crippen LogP contribution >= 0.6 is 0 Å². The molecule has 0 amide bonds. The van der Waals surface area contributed by atoms with Gasteiger partial charge in [-0.25, -0.2) is 0 Å². The van der Waals surface area contributed by atoms with Gasteiger partial charge in [-0.3, -0.25) is 0 Å². The van der Waals surface area contributed by atoms with Gasteiger partial charge < -0.3 is 0 Å². The monoisotopic (exact) mass is 142 g/mol. The van der Waals surface area contributed by atoms with Gasteiger partial charge in [0.2, 0.25) is 0 Å². The molecule has 0 nitrogen and oxygen atoms in total. The number of rotatable bonds is 0. The Bertz CT molecular complexity index is 292. The van der Waals surface area contributed by atoms with Gasteiger partial charge in [0.25, 0.3) is 0 Å². The molecule has 2 bridgehead atoms. The van der Waals surface area contributed by atoms with E-state index in [4.69, 9.17) is 0 Å². The van der Waals surface area contributed by atoms with E-state index in [9.17, 15) is 0 Å². The van der Waals surface area contributed by atoms with Crippen LogP contribution in [-0.2, 0) is 0 Å². The summed E-state index contributed by atoms with van der Waals surface area (Å²) >= 11 is 0. The van der Waals surface area contributed by atoms with Crippen molar-refractivity contribution in [2.45, 2.75) is 18.3 Å². The van der Waals surface area contributed by atoms with Gasteiger partial charge in [0.15, 0.2) is 0 Å². The van der Waals surface area contributed by atoms with Crippen LogP contribution < -0.4 is 0 Å². The molecule has 0 aliphatic heterocycles. The van der Waals surface area contributed by atoms with E-state index < -0.39 is 0 Å². The smallest absolute Gasteiger partial charge is 0.00299 e. The van der Waals surface area contributed by atoms with Crippen LogP contribution in [0.4, 0.5) is 0 Å². The fraction of sp³-hybridized carbons (Fsp3) is 0.273. The number of allylic oxidation sites excluding steroid dienone is 2. The maximum Gasteiger partial charge on any atom is 0.00299 e. The molecule has 3 rings (SSSR count). The largest absolute Gasteiger partial charge is 0.0804 e. The minimum atomic E-state index is 0.746. The zero-order chi connectivity index (χ0) is 7.26. The lowest BCUT2D eigenvalue weighted by Gasteiger charge is -2.08. The Labute approximate surface area is 66.6 Å². The van der Waals surface area contributed by atoms with E-state index in [1.54, 1.807) is 11.1 Å². The summed E-state index contributed by atoms with van der Waals surface area (Å²) in [5.74, 6) is 1.49. The van der Waals surface area contributed by atoms with Gasteiger partial charge in [0.1, 0.15) is 0 Å². The van der Waals surface area contributed by atoms with E-state index in [0.717, 1.165) is 11.8 Å². The van der Waals surface area contributed by atoms with Crippen LogP contribution in [0.25, 0.3) is 0 Å². The molecule has 0 N–H and O–H groups in total. The van der Waals surface area contributed by atoms with Crippen LogP contribution in [0, 0.1) is 0 Å². The van der Waals surface area contributed by atoms with Crippen molar-refractivity contribution in [1.29, 1.82) is 0 Å². The second-order valence-corrected chi connectivity index (χ2v) is 3.46. The van der Waals surface area contributed by atoms with Crippen LogP contribution in [0.5, 0.6) is 0 Å². The van der Waals surface area contributed by atoms with Crippen LogP contribution in [0.15, 0.2) is 36.4 Å². The Hall–Kier alpha value is -1.04. The molecule has 0 saturated carbocycles. The SMILES string of the molecule is C1=C[C@H]2C[C@@H]1c1ccccc12. The predicted molar refractivity (Wildman–Crippen MR) is 45.7 cm³/mol. The minimum absolute atomic E-state index is 0.746. The second kappa shape index (κ2) is 1.76. The highest BCUT2D eigenvalue weighted by molar-refractivity contribution is 5.47. The molecular weight excluding hydrogens is 132 g/mol. The van der Waals surface area contributed by atoms with Crippen molar-refractivity contribution < 1.29 is 0 Å². The minimum Gasteiger partial charge on any atom is -0.0804 e. The quantitative estimate of drug-likeness (QED) is 0.488. The van der Waals surface area contributed by atoms with Crippen molar-refractivity contribution in [3.8, 4) is 0 Å². The van der Waals surface area contributed by atoms with Crippen molar-refractivity contribution in [1.82, 2.24) is 0 Å². The lowest BCUT2D eigenvalue weighted by molar-refractivity contribution is 0.804. The molecule has 2 aliphatic rings. The van der Waals surface area contributed by atoms with Crippen molar-refractivity contribution in [3.05, 3.63) is 47.5 Å². The first-order valence-corrected chi connectivity index (χ1v) is 4.22. The number of hydrogen-bond donors (Lipinski definition) is 0. The zero-order valence-electron chi connectivity index (χ0n) is 6.33. The maximum atomic E-state index is 2.35. The normalized spacial score (nSPS) is 30.9. The van der Waals surface area contributed by atoms with E-state index in [2.05, 4.69) is 36.4 Å². The predicted octanol–water partition coefficient (Wildman–Crippen LogP) is 2.83. The third-order valence-corrected chi connectivity index (χ3v) is 2.88. The summed E-state index contributed by atoms with van der Waals surface area (Å²) in [6.45, 7) is 0.